The van der Waals surface area contributed by atoms with E-state index >= 15 is 0 Å². The third-order valence-corrected chi connectivity index (χ3v) is 1.87. The highest BCUT2D eigenvalue weighted by Gasteiger charge is 2.05. The second-order valence-corrected chi connectivity index (χ2v) is 3.18. The average molecular weight is 223 g/mol. The van der Waals surface area contributed by atoms with Gasteiger partial charge in [0.2, 0.25) is 5.91 Å². The highest BCUT2D eigenvalue weighted by atomic mass is 16.4. The lowest BCUT2D eigenvalue weighted by molar-refractivity contribution is -0.116. The van der Waals surface area contributed by atoms with Crippen molar-refractivity contribution < 1.29 is 14.7 Å². The number of pyridine rings is 1. The minimum absolute atomic E-state index is 0.0556. The topological polar surface area (TPSA) is 105 Å². The summed E-state index contributed by atoms with van der Waals surface area (Å²) in [6.07, 6.45) is 2.27. The lowest BCUT2D eigenvalue weighted by Gasteiger charge is -2.04. The molecule has 1 heterocycles. The Hall–Kier alpha value is -1.95. The number of carbonyl (C=O) groups excluding carboxylic acids is 1. The molecule has 0 radical (unpaired) electrons. The highest BCUT2D eigenvalue weighted by Crippen LogP contribution is 2.06. The van der Waals surface area contributed by atoms with Crippen LogP contribution in [0.5, 0.6) is 0 Å². The van der Waals surface area contributed by atoms with Gasteiger partial charge in [0.05, 0.1) is 11.9 Å². The van der Waals surface area contributed by atoms with Crippen molar-refractivity contribution in [3.8, 4) is 0 Å². The first-order valence-electron chi connectivity index (χ1n) is 4.82. The van der Waals surface area contributed by atoms with Crippen LogP contribution in [0.1, 0.15) is 23.3 Å². The maximum absolute atomic E-state index is 11.3. The van der Waals surface area contributed by atoms with Crippen LogP contribution in [0, 0.1) is 0 Å². The largest absolute Gasteiger partial charge is 0.477 e. The van der Waals surface area contributed by atoms with E-state index in [1.54, 1.807) is 0 Å². The summed E-state index contributed by atoms with van der Waals surface area (Å²) in [5.74, 6) is -1.25. The number of carbonyl (C=O) groups is 2. The Morgan fingerprint density at radius 3 is 2.69 bits per heavy atom. The van der Waals surface area contributed by atoms with Crippen molar-refractivity contribution in [2.75, 3.05) is 11.9 Å². The van der Waals surface area contributed by atoms with E-state index in [0.717, 1.165) is 0 Å². The molecule has 0 aliphatic rings. The molecule has 86 valence electrons. The number of anilines is 1. The zero-order valence-electron chi connectivity index (χ0n) is 8.64. The monoisotopic (exact) mass is 223 g/mol. The molecular weight excluding hydrogens is 210 g/mol. The molecule has 1 rings (SSSR count). The molecule has 6 nitrogen and oxygen atoms in total. The normalized spacial score (nSPS) is 9.81. The van der Waals surface area contributed by atoms with Gasteiger partial charge in [-0.2, -0.15) is 0 Å². The zero-order chi connectivity index (χ0) is 12.0. The van der Waals surface area contributed by atoms with Gasteiger partial charge in [-0.3, -0.25) is 4.79 Å². The van der Waals surface area contributed by atoms with E-state index in [-0.39, 0.29) is 11.6 Å². The summed E-state index contributed by atoms with van der Waals surface area (Å²) in [6.45, 7) is 0.462. The van der Waals surface area contributed by atoms with E-state index < -0.39 is 5.97 Å². The van der Waals surface area contributed by atoms with Crippen molar-refractivity contribution >= 4 is 17.6 Å². The van der Waals surface area contributed by atoms with Crippen molar-refractivity contribution in [1.29, 1.82) is 0 Å². The van der Waals surface area contributed by atoms with E-state index in [1.807, 2.05) is 0 Å². The minimum Gasteiger partial charge on any atom is -0.477 e. The van der Waals surface area contributed by atoms with Gasteiger partial charge >= 0.3 is 5.97 Å². The van der Waals surface area contributed by atoms with Gasteiger partial charge in [-0.05, 0) is 25.1 Å². The maximum atomic E-state index is 11.3. The number of nitrogens with two attached hydrogens (primary N) is 1. The van der Waals surface area contributed by atoms with Crippen LogP contribution >= 0.6 is 0 Å². The third-order valence-electron chi connectivity index (χ3n) is 1.87. The summed E-state index contributed by atoms with van der Waals surface area (Å²) in [4.78, 5) is 25.5. The van der Waals surface area contributed by atoms with E-state index in [4.69, 9.17) is 10.8 Å². The van der Waals surface area contributed by atoms with Crippen LogP contribution in [0.2, 0.25) is 0 Å². The van der Waals surface area contributed by atoms with Gasteiger partial charge in [0.15, 0.2) is 0 Å². The minimum atomic E-state index is -1.10. The molecule has 1 aromatic heterocycles. The lowest BCUT2D eigenvalue weighted by Crippen LogP contribution is -2.13. The number of aromatic carboxylic acids is 1. The van der Waals surface area contributed by atoms with Gasteiger partial charge in [0, 0.05) is 6.42 Å². The average Bonchev–Trinajstić information content (AvgIpc) is 2.27. The highest BCUT2D eigenvalue weighted by molar-refractivity contribution is 5.91. The first kappa shape index (κ1) is 12.1. The zero-order valence-corrected chi connectivity index (χ0v) is 8.64. The van der Waals surface area contributed by atoms with Crippen molar-refractivity contribution in [2.24, 2.45) is 5.73 Å². The third kappa shape index (κ3) is 3.66. The number of carboxylic acid groups (broad SMARTS) is 1. The van der Waals surface area contributed by atoms with Crippen LogP contribution in [0.15, 0.2) is 18.3 Å². The van der Waals surface area contributed by atoms with Crippen LogP contribution in [0.3, 0.4) is 0 Å². The standard InChI is InChI=1S/C10H13N3O3/c11-5-1-2-9(14)13-7-3-4-8(10(15)16)12-6-7/h3-4,6H,1-2,5,11H2,(H,13,14)(H,15,16). The van der Waals surface area contributed by atoms with E-state index in [2.05, 4.69) is 10.3 Å². The number of rotatable bonds is 5. The molecule has 4 N–H and O–H groups in total. The summed E-state index contributed by atoms with van der Waals surface area (Å²) in [5.41, 5.74) is 5.69. The van der Waals surface area contributed by atoms with Gasteiger partial charge in [0.1, 0.15) is 5.69 Å². The van der Waals surface area contributed by atoms with Gasteiger partial charge in [-0.1, -0.05) is 0 Å². The smallest absolute Gasteiger partial charge is 0.354 e. The Labute approximate surface area is 92.5 Å². The van der Waals surface area contributed by atoms with Crippen LogP contribution in [0.4, 0.5) is 5.69 Å². The Morgan fingerprint density at radius 2 is 2.19 bits per heavy atom. The molecule has 0 spiro atoms. The summed E-state index contributed by atoms with van der Waals surface area (Å²) in [5, 5.41) is 11.2. The predicted molar refractivity (Wildman–Crippen MR) is 58.1 cm³/mol. The fourth-order valence-electron chi connectivity index (χ4n) is 1.08. The predicted octanol–water partition coefficient (Wildman–Crippen LogP) is 0.457. The molecule has 0 atom stereocenters. The van der Waals surface area contributed by atoms with Gasteiger partial charge < -0.3 is 16.2 Å². The molecule has 0 saturated heterocycles. The Morgan fingerprint density at radius 1 is 1.44 bits per heavy atom. The van der Waals surface area contributed by atoms with E-state index in [1.165, 1.54) is 18.3 Å². The van der Waals surface area contributed by atoms with Gasteiger partial charge in [-0.25, -0.2) is 9.78 Å². The van der Waals surface area contributed by atoms with Crippen LogP contribution in [0.25, 0.3) is 0 Å². The molecule has 1 amide bonds. The summed E-state index contributed by atoms with van der Waals surface area (Å²) < 4.78 is 0. The first-order chi connectivity index (χ1) is 7.63. The number of carboxylic acids is 1. The molecule has 6 heteroatoms. The molecule has 0 unspecified atom stereocenters. The summed E-state index contributed by atoms with van der Waals surface area (Å²) in [7, 11) is 0. The number of nitrogens with zero attached hydrogens (tertiary/aromatic N) is 1. The van der Waals surface area contributed by atoms with Crippen LogP contribution < -0.4 is 11.1 Å². The molecule has 1 aromatic rings. The number of aromatic nitrogens is 1. The number of nitrogens with one attached hydrogen (secondary N) is 1. The maximum Gasteiger partial charge on any atom is 0.354 e. The molecule has 0 aromatic carbocycles. The number of hydrogen-bond donors (Lipinski definition) is 3. The second kappa shape index (κ2) is 5.82. The fourth-order valence-corrected chi connectivity index (χ4v) is 1.08. The number of hydrogen-bond acceptors (Lipinski definition) is 4. The van der Waals surface area contributed by atoms with Crippen molar-refractivity contribution in [1.82, 2.24) is 4.98 Å². The van der Waals surface area contributed by atoms with Crippen LogP contribution in [-0.2, 0) is 4.79 Å². The first-order valence-corrected chi connectivity index (χ1v) is 4.82. The van der Waals surface area contributed by atoms with Gasteiger partial charge in [-0.15, -0.1) is 0 Å². The SMILES string of the molecule is NCCCC(=O)Nc1ccc(C(=O)O)nc1. The fraction of sp³-hybridized carbons (Fsp3) is 0.300. The van der Waals surface area contributed by atoms with Crippen molar-refractivity contribution in [3.05, 3.63) is 24.0 Å². The molecule has 0 saturated carbocycles. The molecule has 0 fully saturated rings. The summed E-state index contributed by atoms with van der Waals surface area (Å²) >= 11 is 0. The lowest BCUT2D eigenvalue weighted by atomic mass is 10.3. The van der Waals surface area contributed by atoms with Crippen molar-refractivity contribution in [3.63, 3.8) is 0 Å². The quantitative estimate of drug-likeness (QED) is 0.672. The molecule has 0 aliphatic heterocycles. The Balaban J connectivity index is 2.55. The molecular formula is C10H13N3O3. The number of amides is 1. The van der Waals surface area contributed by atoms with E-state index in [9.17, 15) is 9.59 Å². The molecule has 0 aliphatic carbocycles. The van der Waals surface area contributed by atoms with Gasteiger partial charge in [0.25, 0.3) is 0 Å². The van der Waals surface area contributed by atoms with E-state index in [0.29, 0.717) is 25.1 Å². The summed E-state index contributed by atoms with van der Waals surface area (Å²) in [6, 6.07) is 2.83. The molecule has 16 heavy (non-hydrogen) atoms. The molecule has 0 bridgehead atoms. The Kier molecular flexibility index (Phi) is 4.41. The van der Waals surface area contributed by atoms with Crippen molar-refractivity contribution in [2.45, 2.75) is 12.8 Å². The Bertz CT molecular complexity index is 375. The second-order valence-electron chi connectivity index (χ2n) is 3.18. The van der Waals surface area contributed by atoms with Crippen LogP contribution in [-0.4, -0.2) is 28.5 Å².